The van der Waals surface area contributed by atoms with Gasteiger partial charge in [-0.1, -0.05) is 29.8 Å². The van der Waals surface area contributed by atoms with Gasteiger partial charge in [0.05, 0.1) is 6.04 Å². The van der Waals surface area contributed by atoms with Crippen LogP contribution in [0, 0.1) is 5.82 Å². The predicted octanol–water partition coefficient (Wildman–Crippen LogP) is 5.58. The molecule has 0 amide bonds. The fourth-order valence-electron chi connectivity index (χ4n) is 4.63. The number of hydrogen-bond donors (Lipinski definition) is 1. The van der Waals surface area contributed by atoms with Crippen LogP contribution < -0.4 is 4.90 Å². The Bertz CT molecular complexity index is 1250. The maximum atomic E-state index is 13.6. The molecule has 1 saturated heterocycles. The molecule has 3 aromatic carbocycles. The number of nitrogens with one attached hydrogen (secondary N) is 1. The van der Waals surface area contributed by atoms with E-state index in [1.807, 2.05) is 24.4 Å². The Morgan fingerprint density at radius 2 is 1.79 bits per heavy atom. The van der Waals surface area contributed by atoms with E-state index in [1.54, 1.807) is 24.3 Å². The van der Waals surface area contributed by atoms with Gasteiger partial charge in [0.25, 0.3) is 0 Å². The van der Waals surface area contributed by atoms with E-state index in [9.17, 15) is 9.18 Å². The number of aromatic amines is 1. The summed E-state index contributed by atoms with van der Waals surface area (Å²) in [5.41, 5.74) is 3.96. The SMILES string of the molecule is O=C(c1ccc(Cl)cc1)C1CN(c2cccc3[nH]ccc23)CCN1CCc1ccc(F)cc1. The largest absolute Gasteiger partial charge is 0.368 e. The van der Waals surface area contributed by atoms with Gasteiger partial charge in [-0.2, -0.15) is 0 Å². The van der Waals surface area contributed by atoms with Crippen LogP contribution in [0.3, 0.4) is 0 Å². The number of H-pyrrole nitrogens is 1. The Kier molecular flexibility index (Phi) is 6.16. The zero-order chi connectivity index (χ0) is 22.8. The Morgan fingerprint density at radius 1 is 1.00 bits per heavy atom. The van der Waals surface area contributed by atoms with Gasteiger partial charge in [0.2, 0.25) is 0 Å². The number of hydrogen-bond acceptors (Lipinski definition) is 3. The van der Waals surface area contributed by atoms with Crippen molar-refractivity contribution in [1.82, 2.24) is 9.88 Å². The molecule has 1 unspecified atom stereocenters. The second-order valence-corrected chi connectivity index (χ2v) is 8.90. The lowest BCUT2D eigenvalue weighted by Gasteiger charge is -2.42. The molecule has 1 aromatic heterocycles. The maximum Gasteiger partial charge on any atom is 0.181 e. The van der Waals surface area contributed by atoms with Gasteiger partial charge in [0, 0.05) is 59.6 Å². The molecule has 0 radical (unpaired) electrons. The highest BCUT2D eigenvalue weighted by molar-refractivity contribution is 6.30. The minimum atomic E-state index is -0.283. The summed E-state index contributed by atoms with van der Waals surface area (Å²) in [5, 5.41) is 1.78. The molecular weight excluding hydrogens is 437 g/mol. The van der Waals surface area contributed by atoms with Crippen molar-refractivity contribution < 1.29 is 9.18 Å². The minimum Gasteiger partial charge on any atom is -0.368 e. The van der Waals surface area contributed by atoms with Crippen molar-refractivity contribution in [2.45, 2.75) is 12.5 Å². The first-order chi connectivity index (χ1) is 16.1. The summed E-state index contributed by atoms with van der Waals surface area (Å²) in [7, 11) is 0. The van der Waals surface area contributed by atoms with Crippen LogP contribution in [0.15, 0.2) is 79.0 Å². The molecule has 5 rings (SSSR count). The average Bonchev–Trinajstić information content (AvgIpc) is 3.33. The number of Topliss-reactive ketones (excluding diaryl/α,β-unsaturated/α-hetero) is 1. The number of ketones is 1. The van der Waals surface area contributed by atoms with Crippen molar-refractivity contribution in [3.05, 3.63) is 101 Å². The van der Waals surface area contributed by atoms with Crippen molar-refractivity contribution in [1.29, 1.82) is 0 Å². The van der Waals surface area contributed by atoms with Crippen LogP contribution in [0.1, 0.15) is 15.9 Å². The number of nitrogens with zero attached hydrogens (tertiary/aromatic N) is 2. The first-order valence-electron chi connectivity index (χ1n) is 11.2. The number of aromatic nitrogens is 1. The highest BCUT2D eigenvalue weighted by Gasteiger charge is 2.33. The van der Waals surface area contributed by atoms with Crippen LogP contribution in [-0.4, -0.2) is 47.9 Å². The van der Waals surface area contributed by atoms with Crippen LogP contribution in [0.2, 0.25) is 5.02 Å². The van der Waals surface area contributed by atoms with E-state index >= 15 is 0 Å². The highest BCUT2D eigenvalue weighted by atomic mass is 35.5. The summed E-state index contributed by atoms with van der Waals surface area (Å²) in [6, 6.07) is 21.8. The summed E-state index contributed by atoms with van der Waals surface area (Å²) in [5.74, 6) is -0.140. The summed E-state index contributed by atoms with van der Waals surface area (Å²) < 4.78 is 13.3. The molecule has 0 spiro atoms. The lowest BCUT2D eigenvalue weighted by molar-refractivity contribution is 0.0798. The van der Waals surface area contributed by atoms with Gasteiger partial charge in [0.15, 0.2) is 5.78 Å². The maximum absolute atomic E-state index is 13.6. The van der Waals surface area contributed by atoms with Crippen LogP contribution in [-0.2, 0) is 6.42 Å². The Labute approximate surface area is 197 Å². The Morgan fingerprint density at radius 3 is 2.58 bits per heavy atom. The molecule has 33 heavy (non-hydrogen) atoms. The first kappa shape index (κ1) is 21.7. The molecule has 4 nitrogen and oxygen atoms in total. The third-order valence-corrected chi connectivity index (χ3v) is 6.69. The van der Waals surface area contributed by atoms with Gasteiger partial charge < -0.3 is 9.88 Å². The van der Waals surface area contributed by atoms with Gasteiger partial charge in [-0.05, 0) is 66.6 Å². The average molecular weight is 462 g/mol. The molecule has 6 heteroatoms. The van der Waals surface area contributed by atoms with Crippen molar-refractivity contribution in [3.63, 3.8) is 0 Å². The number of carbonyl (C=O) groups excluding carboxylic acids is 1. The number of fused-ring (bicyclic) bond motifs is 1. The first-order valence-corrected chi connectivity index (χ1v) is 11.6. The third-order valence-electron chi connectivity index (χ3n) is 6.44. The molecular formula is C27H25ClFN3O. The number of carbonyl (C=O) groups is 1. The van der Waals surface area contributed by atoms with Gasteiger partial charge in [0.1, 0.15) is 5.82 Å². The second kappa shape index (κ2) is 9.38. The molecule has 1 fully saturated rings. The van der Waals surface area contributed by atoms with E-state index in [0.717, 1.165) is 48.2 Å². The fraction of sp³-hybridized carbons (Fsp3) is 0.222. The second-order valence-electron chi connectivity index (χ2n) is 8.46. The summed E-state index contributed by atoms with van der Waals surface area (Å²) in [6.45, 7) is 2.94. The lowest BCUT2D eigenvalue weighted by Crippen LogP contribution is -2.57. The van der Waals surface area contributed by atoms with Crippen LogP contribution >= 0.6 is 11.6 Å². The van der Waals surface area contributed by atoms with Crippen molar-refractivity contribution >= 4 is 34.0 Å². The normalized spacial score (nSPS) is 16.9. The van der Waals surface area contributed by atoms with Crippen LogP contribution in [0.25, 0.3) is 10.9 Å². The van der Waals surface area contributed by atoms with E-state index < -0.39 is 0 Å². The molecule has 0 saturated carbocycles. The van der Waals surface area contributed by atoms with Gasteiger partial charge in [-0.15, -0.1) is 0 Å². The summed E-state index contributed by atoms with van der Waals surface area (Å²) in [4.78, 5) is 21.4. The van der Waals surface area contributed by atoms with Crippen molar-refractivity contribution in [2.24, 2.45) is 0 Å². The van der Waals surface area contributed by atoms with Gasteiger partial charge >= 0.3 is 0 Å². The zero-order valence-corrected chi connectivity index (χ0v) is 18.9. The standard InChI is InChI=1S/C27H25ClFN3O/c28-21-8-6-20(7-9-21)27(33)26-18-32(25-3-1-2-24-23(25)12-14-30-24)17-16-31(26)15-13-19-4-10-22(29)11-5-19/h1-12,14,26,30H,13,15-18H2. The number of anilines is 1. The molecule has 1 atom stereocenters. The number of halogens is 2. The van der Waals surface area contributed by atoms with E-state index in [2.05, 4.69) is 33.0 Å². The minimum absolute atomic E-state index is 0.0942. The fourth-order valence-corrected chi connectivity index (χ4v) is 4.76. The van der Waals surface area contributed by atoms with Crippen molar-refractivity contribution in [3.8, 4) is 0 Å². The molecule has 1 aliphatic heterocycles. The molecule has 4 aromatic rings. The smallest absolute Gasteiger partial charge is 0.181 e. The monoisotopic (exact) mass is 461 g/mol. The molecule has 0 aliphatic carbocycles. The third kappa shape index (κ3) is 4.65. The topological polar surface area (TPSA) is 39.3 Å². The lowest BCUT2D eigenvalue weighted by atomic mass is 9.99. The Balaban J connectivity index is 1.40. The van der Waals surface area contributed by atoms with Crippen LogP contribution in [0.5, 0.6) is 0 Å². The molecule has 1 aliphatic rings. The van der Waals surface area contributed by atoms with E-state index in [-0.39, 0.29) is 17.6 Å². The van der Waals surface area contributed by atoms with Crippen LogP contribution in [0.4, 0.5) is 10.1 Å². The number of piperazine rings is 1. The zero-order valence-electron chi connectivity index (χ0n) is 18.2. The van der Waals surface area contributed by atoms with E-state index in [1.165, 1.54) is 12.1 Å². The highest BCUT2D eigenvalue weighted by Crippen LogP contribution is 2.29. The number of benzene rings is 3. The molecule has 1 N–H and O–H groups in total. The van der Waals surface area contributed by atoms with E-state index in [4.69, 9.17) is 11.6 Å². The van der Waals surface area contributed by atoms with Gasteiger partial charge in [-0.25, -0.2) is 4.39 Å². The molecule has 2 heterocycles. The quantitative estimate of drug-likeness (QED) is 0.381. The predicted molar refractivity (Wildman–Crippen MR) is 132 cm³/mol. The molecule has 0 bridgehead atoms. The Hall–Kier alpha value is -3.15. The molecule has 168 valence electrons. The van der Waals surface area contributed by atoms with Gasteiger partial charge in [-0.3, -0.25) is 9.69 Å². The van der Waals surface area contributed by atoms with E-state index in [0.29, 0.717) is 17.1 Å². The number of rotatable bonds is 6. The van der Waals surface area contributed by atoms with Crippen molar-refractivity contribution in [2.75, 3.05) is 31.1 Å². The summed E-state index contributed by atoms with van der Waals surface area (Å²) >= 11 is 6.05. The summed E-state index contributed by atoms with van der Waals surface area (Å²) in [6.07, 6.45) is 2.71.